The topological polar surface area (TPSA) is 95.6 Å². The minimum atomic E-state index is -0.676. The lowest BCUT2D eigenvalue weighted by Gasteiger charge is -2.25. The van der Waals surface area contributed by atoms with Crippen molar-refractivity contribution in [3.8, 4) is 12.3 Å². The lowest BCUT2D eigenvalue weighted by molar-refractivity contribution is -0.126. The Morgan fingerprint density at radius 1 is 1.30 bits per heavy atom. The van der Waals surface area contributed by atoms with E-state index in [1.807, 2.05) is 18.1 Å². The van der Waals surface area contributed by atoms with Crippen LogP contribution in [-0.2, 0) is 27.5 Å². The smallest absolute Gasteiger partial charge is 0.255 e. The van der Waals surface area contributed by atoms with Crippen molar-refractivity contribution in [3.05, 3.63) is 34.9 Å². The summed E-state index contributed by atoms with van der Waals surface area (Å²) in [7, 11) is 0. The summed E-state index contributed by atoms with van der Waals surface area (Å²) in [5, 5.41) is 6.23. The zero-order valence-electron chi connectivity index (χ0n) is 17.2. The van der Waals surface area contributed by atoms with Gasteiger partial charge in [0.1, 0.15) is 0 Å². The molecule has 0 aromatic heterocycles. The van der Waals surface area contributed by atoms with Crippen molar-refractivity contribution in [3.63, 3.8) is 0 Å². The Kier molecular flexibility index (Phi) is 7.01. The molecule has 3 rings (SSSR count). The van der Waals surface area contributed by atoms with Crippen LogP contribution in [0.4, 0.5) is 0 Å². The molecule has 30 heavy (non-hydrogen) atoms. The van der Waals surface area contributed by atoms with Gasteiger partial charge in [-0.25, -0.2) is 0 Å². The number of piperidine rings is 1. The molecule has 0 saturated carbocycles. The van der Waals surface area contributed by atoms with Gasteiger partial charge >= 0.3 is 0 Å². The molecular weight excluding hydrogens is 382 g/mol. The van der Waals surface area contributed by atoms with Crippen molar-refractivity contribution in [1.29, 1.82) is 0 Å². The van der Waals surface area contributed by atoms with Crippen LogP contribution in [0, 0.1) is 18.3 Å². The fourth-order valence-electron chi connectivity index (χ4n) is 4.09. The van der Waals surface area contributed by atoms with Gasteiger partial charge in [0.05, 0.1) is 6.04 Å². The van der Waals surface area contributed by atoms with Crippen molar-refractivity contribution in [2.45, 2.75) is 51.7 Å². The van der Waals surface area contributed by atoms with Crippen LogP contribution in [0.2, 0.25) is 0 Å². The second-order valence-electron chi connectivity index (χ2n) is 7.90. The summed E-state index contributed by atoms with van der Waals surface area (Å²) in [6.07, 6.45) is 7.07. The number of carbonyl (C=O) groups is 4. The Labute approximate surface area is 176 Å². The molecule has 2 aliphatic heterocycles. The molecule has 0 bridgehead atoms. The lowest BCUT2D eigenvalue weighted by Crippen LogP contribution is -2.40. The summed E-state index contributed by atoms with van der Waals surface area (Å²) in [5.41, 5.74) is 2.29. The predicted octanol–water partition coefficient (Wildman–Crippen LogP) is 1.20. The van der Waals surface area contributed by atoms with Gasteiger partial charge in [0.25, 0.3) is 5.91 Å². The van der Waals surface area contributed by atoms with Crippen LogP contribution in [0.1, 0.15) is 54.1 Å². The number of terminal acetylenes is 1. The summed E-state index contributed by atoms with van der Waals surface area (Å²) >= 11 is 0. The number of benzene rings is 1. The molecule has 158 valence electrons. The number of Topliss-reactive ketones (excluding diaryl/α,β-unsaturated/α-hetero) is 2. The number of fused-ring (bicyclic) bond motifs is 1. The molecule has 1 unspecified atom stereocenters. The third kappa shape index (κ3) is 4.95. The van der Waals surface area contributed by atoms with Gasteiger partial charge in [0.15, 0.2) is 5.78 Å². The minimum absolute atomic E-state index is 0.0415. The summed E-state index contributed by atoms with van der Waals surface area (Å²) in [5.74, 6) is 1.37. The van der Waals surface area contributed by atoms with Crippen LogP contribution < -0.4 is 10.6 Å². The van der Waals surface area contributed by atoms with Gasteiger partial charge in [-0.15, -0.1) is 6.42 Å². The van der Waals surface area contributed by atoms with Gasteiger partial charge in [-0.2, -0.15) is 0 Å². The van der Waals surface area contributed by atoms with Gasteiger partial charge in [-0.05, 0) is 62.4 Å². The van der Waals surface area contributed by atoms with Crippen molar-refractivity contribution in [2.24, 2.45) is 5.92 Å². The molecule has 1 aromatic rings. The van der Waals surface area contributed by atoms with Crippen molar-refractivity contribution >= 4 is 23.4 Å². The normalized spacial score (nSPS) is 17.2. The number of nitrogens with one attached hydrogen (secondary N) is 2. The molecule has 0 spiro atoms. The second-order valence-corrected chi connectivity index (χ2v) is 7.90. The molecule has 1 atom stereocenters. The van der Waals surface area contributed by atoms with E-state index in [1.54, 1.807) is 6.07 Å². The van der Waals surface area contributed by atoms with E-state index in [0.717, 1.165) is 37.1 Å². The van der Waals surface area contributed by atoms with Gasteiger partial charge in [0.2, 0.25) is 11.7 Å². The molecule has 2 amide bonds. The summed E-state index contributed by atoms with van der Waals surface area (Å²) in [4.78, 5) is 50.2. The molecule has 1 saturated heterocycles. The van der Waals surface area contributed by atoms with Crippen LogP contribution in [0.25, 0.3) is 0 Å². The van der Waals surface area contributed by atoms with Crippen LogP contribution in [-0.4, -0.2) is 47.4 Å². The van der Waals surface area contributed by atoms with Gasteiger partial charge < -0.3 is 15.5 Å². The maximum atomic E-state index is 12.8. The van der Waals surface area contributed by atoms with Crippen LogP contribution in [0.15, 0.2) is 18.2 Å². The molecule has 2 heterocycles. The Morgan fingerprint density at radius 3 is 2.70 bits per heavy atom. The van der Waals surface area contributed by atoms with E-state index in [9.17, 15) is 19.2 Å². The lowest BCUT2D eigenvalue weighted by atomic mass is 9.97. The first-order chi connectivity index (χ1) is 14.4. The second kappa shape index (κ2) is 9.68. The van der Waals surface area contributed by atoms with Crippen molar-refractivity contribution < 1.29 is 19.2 Å². The number of amides is 2. The quantitative estimate of drug-likeness (QED) is 0.497. The molecular formula is C23H27N3O4. The highest BCUT2D eigenvalue weighted by Crippen LogP contribution is 2.27. The van der Waals surface area contributed by atoms with Gasteiger partial charge in [-0.3, -0.25) is 19.2 Å². The minimum Gasteiger partial charge on any atom is -0.352 e. The molecule has 2 N–H and O–H groups in total. The molecule has 1 aromatic carbocycles. The molecule has 0 aliphatic carbocycles. The number of nitrogens with zero attached hydrogens (tertiary/aromatic N) is 1. The third-order valence-electron chi connectivity index (χ3n) is 5.83. The zero-order valence-corrected chi connectivity index (χ0v) is 17.2. The zero-order chi connectivity index (χ0) is 21.7. The van der Waals surface area contributed by atoms with Crippen LogP contribution in [0.3, 0.4) is 0 Å². The maximum absolute atomic E-state index is 12.8. The number of hydrogen-bond acceptors (Lipinski definition) is 5. The third-order valence-corrected chi connectivity index (χ3v) is 5.83. The molecule has 2 aliphatic rings. The number of rotatable bonds is 8. The van der Waals surface area contributed by atoms with E-state index < -0.39 is 6.04 Å². The van der Waals surface area contributed by atoms with Crippen LogP contribution >= 0.6 is 0 Å². The SMILES string of the molecule is C#CC(=O)CCC(C(C)=O)N1Cc2cc(CNC(=O)C3CCNCC3)ccc2C1=O. The largest absolute Gasteiger partial charge is 0.352 e. The van der Waals surface area contributed by atoms with E-state index in [2.05, 4.69) is 10.6 Å². The molecule has 0 radical (unpaired) electrons. The summed E-state index contributed by atoms with van der Waals surface area (Å²) in [6.45, 7) is 3.84. The first-order valence-electron chi connectivity index (χ1n) is 10.3. The van der Waals surface area contributed by atoms with Crippen LogP contribution in [0.5, 0.6) is 0 Å². The van der Waals surface area contributed by atoms with E-state index in [0.29, 0.717) is 18.7 Å². The fraction of sp³-hybridized carbons (Fsp3) is 0.478. The standard InChI is InChI=1S/C23H27N3O4/c1-3-19(28)5-7-21(15(2)27)26-14-18-12-16(4-6-20(18)23(26)30)13-25-22(29)17-8-10-24-11-9-17/h1,4,6,12,17,21,24H,5,7-11,13-14H2,2H3,(H,25,29). The van der Waals surface area contributed by atoms with E-state index in [-0.39, 0.29) is 42.1 Å². The van der Waals surface area contributed by atoms with Crippen molar-refractivity contribution in [1.82, 2.24) is 15.5 Å². The monoisotopic (exact) mass is 409 g/mol. The first kappa shape index (κ1) is 21.7. The highest BCUT2D eigenvalue weighted by molar-refractivity contribution is 6.01. The summed E-state index contributed by atoms with van der Waals surface area (Å²) < 4.78 is 0. The van der Waals surface area contributed by atoms with Gasteiger partial charge in [0, 0.05) is 31.0 Å². The Bertz CT molecular complexity index is 896. The number of ketones is 2. The fourth-order valence-corrected chi connectivity index (χ4v) is 4.09. The predicted molar refractivity (Wildman–Crippen MR) is 111 cm³/mol. The van der Waals surface area contributed by atoms with E-state index in [1.165, 1.54) is 11.8 Å². The van der Waals surface area contributed by atoms with Crippen molar-refractivity contribution in [2.75, 3.05) is 13.1 Å². The Hall–Kier alpha value is -2.98. The molecule has 1 fully saturated rings. The van der Waals surface area contributed by atoms with E-state index in [4.69, 9.17) is 6.42 Å². The highest BCUT2D eigenvalue weighted by Gasteiger charge is 2.35. The highest BCUT2D eigenvalue weighted by atomic mass is 16.2. The average molecular weight is 409 g/mol. The number of hydrogen-bond donors (Lipinski definition) is 2. The Morgan fingerprint density at radius 2 is 2.03 bits per heavy atom. The molecule has 7 nitrogen and oxygen atoms in total. The van der Waals surface area contributed by atoms with E-state index >= 15 is 0 Å². The number of carbonyl (C=O) groups excluding carboxylic acids is 4. The molecule has 7 heteroatoms. The average Bonchev–Trinajstić information content (AvgIpc) is 3.08. The maximum Gasteiger partial charge on any atom is 0.255 e. The van der Waals surface area contributed by atoms with Gasteiger partial charge in [-0.1, -0.05) is 12.1 Å². The Balaban J connectivity index is 1.64. The summed E-state index contributed by atoms with van der Waals surface area (Å²) in [6, 6.07) is 4.80. The first-order valence-corrected chi connectivity index (χ1v) is 10.3.